The largest absolute Gasteiger partial charge is 0.486 e. The minimum Gasteiger partial charge on any atom is -0.486 e. The molecule has 1 N–H and O–H groups in total. The van der Waals surface area contributed by atoms with E-state index in [2.05, 4.69) is 37.1 Å². The van der Waals surface area contributed by atoms with Gasteiger partial charge >= 0.3 is 0 Å². The number of carbonyl (C=O) groups excluding carboxylic acids is 1. The predicted octanol–water partition coefficient (Wildman–Crippen LogP) is 4.58. The molecule has 0 saturated carbocycles. The van der Waals surface area contributed by atoms with Crippen LogP contribution in [0.1, 0.15) is 37.7 Å². The summed E-state index contributed by atoms with van der Waals surface area (Å²) in [5.41, 5.74) is 5.00. The molecule has 3 aromatic rings. The second-order valence-corrected chi connectivity index (χ2v) is 7.23. The number of ether oxygens (including phenoxy) is 1. The highest BCUT2D eigenvalue weighted by atomic mass is 32.1. The summed E-state index contributed by atoms with van der Waals surface area (Å²) in [7, 11) is 0. The molecule has 0 atom stereocenters. The van der Waals surface area contributed by atoms with Crippen molar-refractivity contribution in [3.05, 3.63) is 80.8 Å². The Bertz CT molecular complexity index is 904. The summed E-state index contributed by atoms with van der Waals surface area (Å²) in [6.07, 6.45) is 0. The number of hydrogen-bond acceptors (Lipinski definition) is 4. The van der Waals surface area contributed by atoms with E-state index in [4.69, 9.17) is 4.74 Å². The van der Waals surface area contributed by atoms with Crippen LogP contribution in [0.3, 0.4) is 0 Å². The zero-order valence-electron chi connectivity index (χ0n) is 15.2. The Morgan fingerprint density at radius 1 is 1.15 bits per heavy atom. The standard InChI is InChI=1S/C21H22N2O2S/c1-14-9-15(2)16(3)19(10-14)25-12-20-23-18(13-26-20)21(24)22-11-17-7-5-4-6-8-17/h4-10,13H,11-12H2,1-3H3,(H,22,24). The molecule has 4 nitrogen and oxygen atoms in total. The molecule has 0 spiro atoms. The maximum Gasteiger partial charge on any atom is 0.271 e. The van der Waals surface area contributed by atoms with Crippen LogP contribution < -0.4 is 10.1 Å². The fourth-order valence-electron chi connectivity index (χ4n) is 2.64. The zero-order valence-corrected chi connectivity index (χ0v) is 16.0. The first-order valence-corrected chi connectivity index (χ1v) is 9.38. The van der Waals surface area contributed by atoms with Crippen molar-refractivity contribution in [3.63, 3.8) is 0 Å². The highest BCUT2D eigenvalue weighted by molar-refractivity contribution is 7.09. The molecule has 3 rings (SSSR count). The number of amides is 1. The summed E-state index contributed by atoms with van der Waals surface area (Å²) in [6, 6.07) is 14.0. The van der Waals surface area contributed by atoms with Crippen LogP contribution in [-0.2, 0) is 13.2 Å². The van der Waals surface area contributed by atoms with Gasteiger partial charge in [-0.25, -0.2) is 4.98 Å². The van der Waals surface area contributed by atoms with E-state index in [1.165, 1.54) is 22.5 Å². The first kappa shape index (κ1) is 18.1. The smallest absolute Gasteiger partial charge is 0.271 e. The fourth-order valence-corrected chi connectivity index (χ4v) is 3.33. The van der Waals surface area contributed by atoms with Gasteiger partial charge in [-0.1, -0.05) is 36.4 Å². The van der Waals surface area contributed by atoms with Crippen molar-refractivity contribution in [2.45, 2.75) is 33.9 Å². The van der Waals surface area contributed by atoms with E-state index >= 15 is 0 Å². The molecule has 134 valence electrons. The SMILES string of the molecule is Cc1cc(C)c(C)c(OCc2nc(C(=O)NCc3ccccc3)cs2)c1. The minimum absolute atomic E-state index is 0.168. The molecule has 26 heavy (non-hydrogen) atoms. The van der Waals surface area contributed by atoms with E-state index in [1.807, 2.05) is 36.4 Å². The van der Waals surface area contributed by atoms with Gasteiger partial charge in [0, 0.05) is 11.9 Å². The number of nitrogens with one attached hydrogen (secondary N) is 1. The maximum absolute atomic E-state index is 12.2. The Kier molecular flexibility index (Phi) is 5.68. The number of nitrogens with zero attached hydrogens (tertiary/aromatic N) is 1. The van der Waals surface area contributed by atoms with Gasteiger partial charge in [0.2, 0.25) is 0 Å². The van der Waals surface area contributed by atoms with Crippen molar-refractivity contribution in [3.8, 4) is 5.75 Å². The average molecular weight is 366 g/mol. The lowest BCUT2D eigenvalue weighted by molar-refractivity contribution is 0.0946. The number of thiazole rings is 1. The lowest BCUT2D eigenvalue weighted by atomic mass is 10.1. The van der Waals surface area contributed by atoms with E-state index in [0.29, 0.717) is 18.8 Å². The van der Waals surface area contributed by atoms with Gasteiger partial charge < -0.3 is 10.1 Å². The van der Waals surface area contributed by atoms with Gasteiger partial charge in [-0.2, -0.15) is 0 Å². The highest BCUT2D eigenvalue weighted by Gasteiger charge is 2.12. The van der Waals surface area contributed by atoms with Crippen molar-refractivity contribution >= 4 is 17.2 Å². The quantitative estimate of drug-likeness (QED) is 0.695. The third kappa shape index (κ3) is 4.49. The van der Waals surface area contributed by atoms with Crippen molar-refractivity contribution < 1.29 is 9.53 Å². The van der Waals surface area contributed by atoms with Gasteiger partial charge in [0.25, 0.3) is 5.91 Å². The Morgan fingerprint density at radius 2 is 1.92 bits per heavy atom. The number of hydrogen-bond donors (Lipinski definition) is 1. The molecule has 1 heterocycles. The second kappa shape index (κ2) is 8.15. The summed E-state index contributed by atoms with van der Waals surface area (Å²) < 4.78 is 5.92. The van der Waals surface area contributed by atoms with E-state index in [9.17, 15) is 4.79 Å². The van der Waals surface area contributed by atoms with Crippen molar-refractivity contribution in [2.24, 2.45) is 0 Å². The molecule has 0 bridgehead atoms. The molecular formula is C21H22N2O2S. The molecule has 0 aliphatic rings. The molecular weight excluding hydrogens is 344 g/mol. The molecule has 5 heteroatoms. The van der Waals surface area contributed by atoms with Crippen LogP contribution in [0.25, 0.3) is 0 Å². The molecule has 0 aliphatic heterocycles. The first-order valence-electron chi connectivity index (χ1n) is 8.50. The lowest BCUT2D eigenvalue weighted by Crippen LogP contribution is -2.23. The number of aryl methyl sites for hydroxylation is 2. The first-order chi connectivity index (χ1) is 12.5. The molecule has 0 unspecified atom stereocenters. The summed E-state index contributed by atoms with van der Waals surface area (Å²) in [5, 5.41) is 5.45. The molecule has 0 saturated heterocycles. The number of carbonyl (C=O) groups is 1. The van der Waals surface area contributed by atoms with Crippen LogP contribution >= 0.6 is 11.3 Å². The highest BCUT2D eigenvalue weighted by Crippen LogP contribution is 2.24. The molecule has 0 aliphatic carbocycles. The fraction of sp³-hybridized carbons (Fsp3) is 0.238. The maximum atomic E-state index is 12.2. The average Bonchev–Trinajstić information content (AvgIpc) is 3.11. The van der Waals surface area contributed by atoms with Crippen LogP contribution in [0.15, 0.2) is 47.8 Å². The third-order valence-corrected chi connectivity index (χ3v) is 5.02. The van der Waals surface area contributed by atoms with Crippen LogP contribution in [0.4, 0.5) is 0 Å². The van der Waals surface area contributed by atoms with E-state index in [0.717, 1.165) is 21.9 Å². The van der Waals surface area contributed by atoms with Gasteiger partial charge in [0.1, 0.15) is 23.1 Å². The number of benzene rings is 2. The van der Waals surface area contributed by atoms with E-state index < -0.39 is 0 Å². The molecule has 2 aromatic carbocycles. The molecule has 0 radical (unpaired) electrons. The van der Waals surface area contributed by atoms with Crippen LogP contribution in [0, 0.1) is 20.8 Å². The van der Waals surface area contributed by atoms with Gasteiger partial charge in [-0.15, -0.1) is 11.3 Å². The van der Waals surface area contributed by atoms with Crippen molar-refractivity contribution in [1.29, 1.82) is 0 Å². The predicted molar refractivity (Wildman–Crippen MR) is 105 cm³/mol. The summed E-state index contributed by atoms with van der Waals surface area (Å²) in [5.74, 6) is 0.701. The van der Waals surface area contributed by atoms with Gasteiger partial charge in [0.15, 0.2) is 0 Å². The van der Waals surface area contributed by atoms with Gasteiger partial charge in [-0.05, 0) is 49.1 Å². The Hall–Kier alpha value is -2.66. The van der Waals surface area contributed by atoms with Crippen LogP contribution in [0.5, 0.6) is 5.75 Å². The van der Waals surface area contributed by atoms with Crippen molar-refractivity contribution in [2.75, 3.05) is 0 Å². The lowest BCUT2D eigenvalue weighted by Gasteiger charge is -2.11. The van der Waals surface area contributed by atoms with Gasteiger partial charge in [0.05, 0.1) is 0 Å². The Balaban J connectivity index is 1.58. The molecule has 1 aromatic heterocycles. The van der Waals surface area contributed by atoms with E-state index in [-0.39, 0.29) is 5.91 Å². The van der Waals surface area contributed by atoms with Gasteiger partial charge in [-0.3, -0.25) is 4.79 Å². The second-order valence-electron chi connectivity index (χ2n) is 6.29. The topological polar surface area (TPSA) is 51.2 Å². The summed E-state index contributed by atoms with van der Waals surface area (Å²) >= 11 is 1.44. The number of rotatable bonds is 6. The van der Waals surface area contributed by atoms with Crippen LogP contribution in [0.2, 0.25) is 0 Å². The minimum atomic E-state index is -0.168. The third-order valence-electron chi connectivity index (χ3n) is 4.20. The molecule has 0 fully saturated rings. The Morgan fingerprint density at radius 3 is 2.69 bits per heavy atom. The summed E-state index contributed by atoms with van der Waals surface area (Å²) in [6.45, 7) is 7.03. The summed E-state index contributed by atoms with van der Waals surface area (Å²) in [4.78, 5) is 16.6. The van der Waals surface area contributed by atoms with Crippen LogP contribution in [-0.4, -0.2) is 10.9 Å². The zero-order chi connectivity index (χ0) is 18.5. The van der Waals surface area contributed by atoms with E-state index in [1.54, 1.807) is 5.38 Å². The number of aromatic nitrogens is 1. The molecule has 1 amide bonds. The Labute approximate surface area is 157 Å². The normalized spacial score (nSPS) is 10.6. The van der Waals surface area contributed by atoms with Crippen molar-refractivity contribution in [1.82, 2.24) is 10.3 Å². The monoisotopic (exact) mass is 366 g/mol.